The lowest BCUT2D eigenvalue weighted by molar-refractivity contribution is -0.274. The fourth-order valence-electron chi connectivity index (χ4n) is 1.31. The highest BCUT2D eigenvalue weighted by atomic mass is 79.9. The predicted molar refractivity (Wildman–Crippen MR) is 69.5 cm³/mol. The minimum absolute atomic E-state index is 0.267. The first-order valence-corrected chi connectivity index (χ1v) is 6.82. The van der Waals surface area contributed by atoms with Crippen molar-refractivity contribution in [2.75, 3.05) is 0 Å². The largest absolute Gasteiger partial charge is 0.573 e. The molecule has 0 fully saturated rings. The molecular weight excluding hydrogens is 345 g/mol. The van der Waals surface area contributed by atoms with Crippen LogP contribution in [0.3, 0.4) is 0 Å². The molecule has 0 unspecified atom stereocenters. The van der Waals surface area contributed by atoms with Gasteiger partial charge in [-0.25, -0.2) is 0 Å². The maximum atomic E-state index is 12.0. The molecule has 0 amide bonds. The van der Waals surface area contributed by atoms with Crippen molar-refractivity contribution in [3.05, 3.63) is 45.1 Å². The first-order valence-electron chi connectivity index (χ1n) is 5.14. The van der Waals surface area contributed by atoms with Crippen molar-refractivity contribution < 1.29 is 22.6 Å². The molecule has 0 atom stereocenters. The molecule has 0 radical (unpaired) electrons. The molecule has 0 N–H and O–H groups in total. The molecule has 2 aromatic rings. The quantitative estimate of drug-likeness (QED) is 0.771. The number of thiophene rings is 1. The molecule has 7 heteroatoms. The molecule has 1 aromatic heterocycles. The summed E-state index contributed by atoms with van der Waals surface area (Å²) < 4.78 is 46.1. The average molecular weight is 353 g/mol. The lowest BCUT2D eigenvalue weighted by atomic mass is 10.3. The van der Waals surface area contributed by atoms with E-state index < -0.39 is 6.36 Å². The second kappa shape index (κ2) is 5.83. The third-order valence-corrected chi connectivity index (χ3v) is 4.02. The summed E-state index contributed by atoms with van der Waals surface area (Å²) in [4.78, 5) is 1.01. The third kappa shape index (κ3) is 4.43. The van der Waals surface area contributed by atoms with Crippen molar-refractivity contribution in [3.8, 4) is 11.5 Å². The van der Waals surface area contributed by atoms with E-state index in [9.17, 15) is 13.2 Å². The minimum atomic E-state index is -4.68. The Balaban J connectivity index is 1.94. The van der Waals surface area contributed by atoms with Crippen LogP contribution in [-0.4, -0.2) is 6.36 Å². The van der Waals surface area contributed by atoms with Crippen LogP contribution in [0.5, 0.6) is 11.5 Å². The van der Waals surface area contributed by atoms with Gasteiger partial charge in [-0.1, -0.05) is 0 Å². The van der Waals surface area contributed by atoms with E-state index in [1.165, 1.54) is 35.6 Å². The normalized spacial score (nSPS) is 11.4. The van der Waals surface area contributed by atoms with Gasteiger partial charge in [-0.15, -0.1) is 24.5 Å². The van der Waals surface area contributed by atoms with Crippen LogP contribution in [0.1, 0.15) is 4.88 Å². The molecule has 0 spiro atoms. The molecule has 0 bridgehead atoms. The molecule has 19 heavy (non-hydrogen) atoms. The van der Waals surface area contributed by atoms with Crippen LogP contribution >= 0.6 is 27.3 Å². The zero-order valence-corrected chi connectivity index (χ0v) is 11.8. The fourth-order valence-corrected chi connectivity index (χ4v) is 2.69. The molecule has 0 aliphatic rings. The highest BCUT2D eigenvalue weighted by molar-refractivity contribution is 9.10. The van der Waals surface area contributed by atoms with Gasteiger partial charge in [0.25, 0.3) is 0 Å². The molecular formula is C12H8BrF3O2S. The Kier molecular flexibility index (Phi) is 4.36. The first-order chi connectivity index (χ1) is 8.94. The highest BCUT2D eigenvalue weighted by Crippen LogP contribution is 2.27. The highest BCUT2D eigenvalue weighted by Gasteiger charge is 2.30. The Morgan fingerprint density at radius 3 is 2.21 bits per heavy atom. The second-order valence-corrected chi connectivity index (χ2v) is 5.35. The summed E-state index contributed by atoms with van der Waals surface area (Å²) in [5, 5.41) is 1.92. The van der Waals surface area contributed by atoms with E-state index in [1.54, 1.807) is 0 Å². The number of halogens is 4. The van der Waals surface area contributed by atoms with E-state index in [-0.39, 0.29) is 5.75 Å². The zero-order valence-electron chi connectivity index (χ0n) is 9.41. The maximum Gasteiger partial charge on any atom is 0.573 e. The van der Waals surface area contributed by atoms with Gasteiger partial charge < -0.3 is 9.47 Å². The number of hydrogen-bond donors (Lipinski definition) is 0. The van der Waals surface area contributed by atoms with E-state index in [0.717, 1.165) is 9.35 Å². The summed E-state index contributed by atoms with van der Waals surface area (Å²) in [7, 11) is 0. The van der Waals surface area contributed by atoms with Crippen LogP contribution in [0.15, 0.2) is 40.2 Å². The van der Waals surface area contributed by atoms with Gasteiger partial charge in [0.1, 0.15) is 18.1 Å². The molecule has 0 aliphatic heterocycles. The SMILES string of the molecule is FC(F)(F)Oc1ccc(OCc2sccc2Br)cc1. The summed E-state index contributed by atoms with van der Waals surface area (Å²) in [5.74, 6) is 0.215. The van der Waals surface area contributed by atoms with Crippen LogP contribution in [0.25, 0.3) is 0 Å². The second-order valence-electron chi connectivity index (χ2n) is 3.50. The van der Waals surface area contributed by atoms with Gasteiger partial charge in [0.15, 0.2) is 0 Å². The van der Waals surface area contributed by atoms with Gasteiger partial charge in [-0.2, -0.15) is 0 Å². The average Bonchev–Trinajstić information content (AvgIpc) is 2.72. The Hall–Kier alpha value is -1.21. The summed E-state index contributed by atoms with van der Waals surface area (Å²) in [6.45, 7) is 0.359. The van der Waals surface area contributed by atoms with Crippen molar-refractivity contribution in [2.24, 2.45) is 0 Å². The van der Waals surface area contributed by atoms with Crippen molar-refractivity contribution in [3.63, 3.8) is 0 Å². The molecule has 0 saturated carbocycles. The van der Waals surface area contributed by atoms with Crippen molar-refractivity contribution in [1.29, 1.82) is 0 Å². The van der Waals surface area contributed by atoms with Gasteiger partial charge in [0.2, 0.25) is 0 Å². The van der Waals surface area contributed by atoms with Crippen LogP contribution in [0.4, 0.5) is 13.2 Å². The molecule has 1 aromatic carbocycles. The van der Waals surface area contributed by atoms with E-state index in [1.807, 2.05) is 11.4 Å². The smallest absolute Gasteiger partial charge is 0.488 e. The zero-order chi connectivity index (χ0) is 13.9. The predicted octanol–water partition coefficient (Wildman–Crippen LogP) is 4.99. The van der Waals surface area contributed by atoms with Crippen LogP contribution in [-0.2, 0) is 6.61 Å². The molecule has 0 saturated heterocycles. The van der Waals surface area contributed by atoms with Gasteiger partial charge in [0, 0.05) is 4.47 Å². The summed E-state index contributed by atoms with van der Waals surface area (Å²) in [5.41, 5.74) is 0. The van der Waals surface area contributed by atoms with E-state index >= 15 is 0 Å². The molecule has 102 valence electrons. The van der Waals surface area contributed by atoms with E-state index in [2.05, 4.69) is 20.7 Å². The molecule has 0 aliphatic carbocycles. The van der Waals surface area contributed by atoms with Gasteiger partial charge in [-0.05, 0) is 51.6 Å². The van der Waals surface area contributed by atoms with Gasteiger partial charge >= 0.3 is 6.36 Å². The Morgan fingerprint density at radius 1 is 1.05 bits per heavy atom. The van der Waals surface area contributed by atoms with Crippen LogP contribution in [0, 0.1) is 0 Å². The standard InChI is InChI=1S/C12H8BrF3O2S/c13-10-5-6-19-11(10)7-17-8-1-3-9(4-2-8)18-12(14,15)16/h1-6H,7H2. The molecule has 1 heterocycles. The van der Waals surface area contributed by atoms with Crippen LogP contribution < -0.4 is 9.47 Å². The number of hydrogen-bond acceptors (Lipinski definition) is 3. The number of alkyl halides is 3. The van der Waals surface area contributed by atoms with E-state index in [0.29, 0.717) is 12.4 Å². The van der Waals surface area contributed by atoms with Gasteiger partial charge in [-0.3, -0.25) is 0 Å². The topological polar surface area (TPSA) is 18.5 Å². The minimum Gasteiger partial charge on any atom is -0.488 e. The number of rotatable bonds is 4. The summed E-state index contributed by atoms with van der Waals surface area (Å²) >= 11 is 4.90. The number of ether oxygens (including phenoxy) is 2. The Bertz CT molecular complexity index is 537. The summed E-state index contributed by atoms with van der Waals surface area (Å²) in [6, 6.07) is 7.20. The van der Waals surface area contributed by atoms with Gasteiger partial charge in [0.05, 0.1) is 4.88 Å². The van der Waals surface area contributed by atoms with Crippen molar-refractivity contribution in [1.82, 2.24) is 0 Å². The lowest BCUT2D eigenvalue weighted by Gasteiger charge is -2.10. The fraction of sp³-hybridized carbons (Fsp3) is 0.167. The van der Waals surface area contributed by atoms with Crippen molar-refractivity contribution >= 4 is 27.3 Å². The monoisotopic (exact) mass is 352 g/mol. The Labute approximate surface area is 119 Å². The Morgan fingerprint density at radius 2 is 1.68 bits per heavy atom. The lowest BCUT2D eigenvalue weighted by Crippen LogP contribution is -2.16. The number of benzene rings is 1. The molecule has 2 nitrogen and oxygen atoms in total. The van der Waals surface area contributed by atoms with E-state index in [4.69, 9.17) is 4.74 Å². The third-order valence-electron chi connectivity index (χ3n) is 2.12. The van der Waals surface area contributed by atoms with Crippen molar-refractivity contribution in [2.45, 2.75) is 13.0 Å². The van der Waals surface area contributed by atoms with Crippen LogP contribution in [0.2, 0.25) is 0 Å². The first kappa shape index (κ1) is 14.2. The molecule has 2 rings (SSSR count). The summed E-state index contributed by atoms with van der Waals surface area (Å²) in [6.07, 6.45) is -4.68. The maximum absolute atomic E-state index is 12.0.